The fourth-order valence-corrected chi connectivity index (χ4v) is 3.70. The lowest BCUT2D eigenvalue weighted by atomic mass is 10.1. The second-order valence-electron chi connectivity index (χ2n) is 5.58. The van der Waals surface area contributed by atoms with Crippen LogP contribution in [0.1, 0.15) is 37.9 Å². The summed E-state index contributed by atoms with van der Waals surface area (Å²) in [5.74, 6) is 1.24. The first-order chi connectivity index (χ1) is 9.54. The molecule has 0 aliphatic heterocycles. The Morgan fingerprint density at radius 2 is 2.15 bits per heavy atom. The van der Waals surface area contributed by atoms with Crippen LogP contribution in [0.3, 0.4) is 0 Å². The number of rotatable bonds is 5. The summed E-state index contributed by atoms with van der Waals surface area (Å²) in [5, 5.41) is 13.2. The Balaban J connectivity index is 2.11. The minimum absolute atomic E-state index is 0.0348. The Morgan fingerprint density at radius 3 is 2.80 bits per heavy atom. The molecule has 4 heteroatoms. The molecule has 0 saturated heterocycles. The molecule has 0 fully saturated rings. The van der Waals surface area contributed by atoms with Crippen molar-refractivity contribution < 1.29 is 9.90 Å². The molecule has 1 aromatic rings. The molecule has 0 heterocycles. The summed E-state index contributed by atoms with van der Waals surface area (Å²) >= 11 is 1.66. The molecule has 3 nitrogen and oxygen atoms in total. The number of fused-ring (bicyclic) bond motifs is 1. The predicted octanol–water partition coefficient (Wildman–Crippen LogP) is 2.54. The summed E-state index contributed by atoms with van der Waals surface area (Å²) in [7, 11) is 0. The summed E-state index contributed by atoms with van der Waals surface area (Å²) in [5.41, 5.74) is 2.19. The SMILES string of the molecule is CCSC(C(=O)NC1c2ccccc2CC1O)C(C)C. The Hall–Kier alpha value is -1.00. The summed E-state index contributed by atoms with van der Waals surface area (Å²) in [4.78, 5) is 12.4. The van der Waals surface area contributed by atoms with Crippen LogP contribution in [0.25, 0.3) is 0 Å². The molecule has 3 unspecified atom stereocenters. The van der Waals surface area contributed by atoms with Crippen molar-refractivity contribution in [1.82, 2.24) is 5.32 Å². The van der Waals surface area contributed by atoms with Gasteiger partial charge >= 0.3 is 0 Å². The van der Waals surface area contributed by atoms with E-state index in [1.165, 1.54) is 0 Å². The molecule has 1 aliphatic carbocycles. The molecule has 2 rings (SSSR count). The van der Waals surface area contributed by atoms with E-state index in [1.807, 2.05) is 24.3 Å². The van der Waals surface area contributed by atoms with Crippen LogP contribution in [-0.4, -0.2) is 28.1 Å². The molecule has 0 spiro atoms. The van der Waals surface area contributed by atoms with Crippen LogP contribution in [0, 0.1) is 5.92 Å². The van der Waals surface area contributed by atoms with Crippen LogP contribution in [-0.2, 0) is 11.2 Å². The lowest BCUT2D eigenvalue weighted by Crippen LogP contribution is -2.41. The monoisotopic (exact) mass is 293 g/mol. The zero-order chi connectivity index (χ0) is 14.7. The third kappa shape index (κ3) is 3.18. The molecule has 0 saturated carbocycles. The van der Waals surface area contributed by atoms with Crippen molar-refractivity contribution in [3.05, 3.63) is 35.4 Å². The van der Waals surface area contributed by atoms with Gasteiger partial charge in [-0.3, -0.25) is 4.79 Å². The van der Waals surface area contributed by atoms with Crippen LogP contribution in [0.5, 0.6) is 0 Å². The number of aliphatic hydroxyl groups excluding tert-OH is 1. The van der Waals surface area contributed by atoms with E-state index in [9.17, 15) is 9.90 Å². The highest BCUT2D eigenvalue weighted by Gasteiger charge is 2.34. The first kappa shape index (κ1) is 15.4. The van der Waals surface area contributed by atoms with Crippen LogP contribution < -0.4 is 5.32 Å². The van der Waals surface area contributed by atoms with Gasteiger partial charge in [-0.1, -0.05) is 45.0 Å². The second kappa shape index (κ2) is 6.64. The molecule has 1 aromatic carbocycles. The van der Waals surface area contributed by atoms with Gasteiger partial charge in [0, 0.05) is 6.42 Å². The van der Waals surface area contributed by atoms with Crippen molar-refractivity contribution in [2.45, 2.75) is 44.6 Å². The van der Waals surface area contributed by atoms with Gasteiger partial charge in [0.1, 0.15) is 0 Å². The lowest BCUT2D eigenvalue weighted by molar-refractivity contribution is -0.122. The van der Waals surface area contributed by atoms with Crippen LogP contribution >= 0.6 is 11.8 Å². The fraction of sp³-hybridized carbons (Fsp3) is 0.562. The molecule has 1 amide bonds. The van der Waals surface area contributed by atoms with E-state index in [0.29, 0.717) is 6.42 Å². The highest BCUT2D eigenvalue weighted by molar-refractivity contribution is 8.00. The summed E-state index contributed by atoms with van der Waals surface area (Å²) in [6.45, 7) is 6.19. The molecule has 0 bridgehead atoms. The van der Waals surface area contributed by atoms with E-state index >= 15 is 0 Å². The van der Waals surface area contributed by atoms with Crippen molar-refractivity contribution in [3.8, 4) is 0 Å². The number of carbonyl (C=O) groups excluding carboxylic acids is 1. The number of thioether (sulfide) groups is 1. The van der Waals surface area contributed by atoms with Crippen molar-refractivity contribution >= 4 is 17.7 Å². The molecule has 110 valence electrons. The van der Waals surface area contributed by atoms with E-state index in [2.05, 4.69) is 26.1 Å². The van der Waals surface area contributed by atoms with Gasteiger partial charge in [-0.05, 0) is 22.8 Å². The van der Waals surface area contributed by atoms with E-state index in [-0.39, 0.29) is 23.1 Å². The van der Waals surface area contributed by atoms with Gasteiger partial charge in [-0.15, -0.1) is 11.8 Å². The molecule has 0 aromatic heterocycles. The average Bonchev–Trinajstić information content (AvgIpc) is 2.72. The molecular weight excluding hydrogens is 270 g/mol. The third-order valence-corrected chi connectivity index (χ3v) is 5.16. The van der Waals surface area contributed by atoms with E-state index < -0.39 is 6.10 Å². The van der Waals surface area contributed by atoms with Crippen LogP contribution in [0.15, 0.2) is 24.3 Å². The highest BCUT2D eigenvalue weighted by atomic mass is 32.2. The summed E-state index contributed by atoms with van der Waals surface area (Å²) in [6, 6.07) is 7.67. The maximum Gasteiger partial charge on any atom is 0.233 e. The van der Waals surface area contributed by atoms with Crippen LogP contribution in [0.4, 0.5) is 0 Å². The highest BCUT2D eigenvalue weighted by Crippen LogP contribution is 2.32. The van der Waals surface area contributed by atoms with Crippen molar-refractivity contribution in [2.75, 3.05) is 5.75 Å². The lowest BCUT2D eigenvalue weighted by Gasteiger charge is -2.24. The smallest absolute Gasteiger partial charge is 0.233 e. The average molecular weight is 293 g/mol. The quantitative estimate of drug-likeness (QED) is 0.877. The van der Waals surface area contributed by atoms with Crippen molar-refractivity contribution in [1.29, 1.82) is 0 Å². The largest absolute Gasteiger partial charge is 0.390 e. The second-order valence-corrected chi connectivity index (χ2v) is 7.00. The van der Waals surface area contributed by atoms with Gasteiger partial charge in [0.25, 0.3) is 0 Å². The molecule has 1 aliphatic rings. The number of hydrogen-bond acceptors (Lipinski definition) is 3. The van der Waals surface area contributed by atoms with Crippen molar-refractivity contribution in [3.63, 3.8) is 0 Å². The maximum absolute atomic E-state index is 12.4. The number of benzene rings is 1. The summed E-state index contributed by atoms with van der Waals surface area (Å²) in [6.07, 6.45) is 0.102. The fourth-order valence-electron chi connectivity index (χ4n) is 2.73. The zero-order valence-corrected chi connectivity index (χ0v) is 13.1. The number of aliphatic hydroxyl groups is 1. The van der Waals surface area contributed by atoms with Crippen molar-refractivity contribution in [2.24, 2.45) is 5.92 Å². The van der Waals surface area contributed by atoms with E-state index in [4.69, 9.17) is 0 Å². The van der Waals surface area contributed by atoms with Gasteiger partial charge in [0.2, 0.25) is 5.91 Å². The Labute approximate surface area is 125 Å². The van der Waals surface area contributed by atoms with Gasteiger partial charge in [-0.25, -0.2) is 0 Å². The first-order valence-electron chi connectivity index (χ1n) is 7.22. The molecule has 20 heavy (non-hydrogen) atoms. The van der Waals surface area contributed by atoms with E-state index in [0.717, 1.165) is 16.9 Å². The number of hydrogen-bond donors (Lipinski definition) is 2. The Morgan fingerprint density at radius 1 is 1.45 bits per heavy atom. The Bertz CT molecular complexity index is 475. The van der Waals surface area contributed by atoms with Gasteiger partial charge < -0.3 is 10.4 Å². The topological polar surface area (TPSA) is 49.3 Å². The molecule has 2 N–H and O–H groups in total. The van der Waals surface area contributed by atoms with Crippen LogP contribution in [0.2, 0.25) is 0 Å². The predicted molar refractivity (Wildman–Crippen MR) is 83.8 cm³/mol. The summed E-state index contributed by atoms with van der Waals surface area (Å²) < 4.78 is 0. The number of carbonyl (C=O) groups is 1. The zero-order valence-electron chi connectivity index (χ0n) is 12.3. The van der Waals surface area contributed by atoms with Gasteiger partial charge in [0.05, 0.1) is 17.4 Å². The van der Waals surface area contributed by atoms with Gasteiger partial charge in [0.15, 0.2) is 0 Å². The third-order valence-electron chi connectivity index (χ3n) is 3.71. The molecule has 0 radical (unpaired) electrons. The first-order valence-corrected chi connectivity index (χ1v) is 8.27. The standard InChI is InChI=1S/C16H23NO2S/c1-4-20-15(10(2)3)16(19)17-14-12-8-6-5-7-11(12)9-13(14)18/h5-8,10,13-15,18H,4,9H2,1-3H3,(H,17,19). The Kier molecular flexibility index (Phi) is 5.11. The molecule has 3 atom stereocenters. The number of amides is 1. The van der Waals surface area contributed by atoms with E-state index in [1.54, 1.807) is 11.8 Å². The minimum atomic E-state index is -0.518. The van der Waals surface area contributed by atoms with Gasteiger partial charge in [-0.2, -0.15) is 0 Å². The normalized spacial score (nSPS) is 22.6. The maximum atomic E-state index is 12.4. The molecular formula is C16H23NO2S. The minimum Gasteiger partial charge on any atom is -0.390 e. The number of nitrogens with one attached hydrogen (secondary N) is 1.